The number of hydrogen-bond acceptors (Lipinski definition) is 5. The summed E-state index contributed by atoms with van der Waals surface area (Å²) in [4.78, 5) is 4.01. The zero-order valence-corrected chi connectivity index (χ0v) is 11.1. The highest BCUT2D eigenvalue weighted by Gasteiger charge is 2.30. The number of rotatable bonds is 4. The van der Waals surface area contributed by atoms with E-state index in [-0.39, 0.29) is 12.0 Å². The molecule has 2 heterocycles. The number of nitrogens with one attached hydrogen (secondary N) is 1. The molecular formula is C15H18N4O. The molecule has 2 aromatic rings. The van der Waals surface area contributed by atoms with Crippen LogP contribution in [0, 0.1) is 0 Å². The monoisotopic (exact) mass is 270 g/mol. The van der Waals surface area contributed by atoms with Gasteiger partial charge in [0.25, 0.3) is 0 Å². The lowest BCUT2D eigenvalue weighted by Gasteiger charge is -2.22. The van der Waals surface area contributed by atoms with E-state index in [4.69, 9.17) is 16.3 Å². The predicted molar refractivity (Wildman–Crippen MR) is 78.1 cm³/mol. The topological polar surface area (TPSA) is 86.2 Å². The van der Waals surface area contributed by atoms with Crippen molar-refractivity contribution in [3.05, 3.63) is 53.7 Å². The largest absolute Gasteiger partial charge is 0.493 e. The van der Waals surface area contributed by atoms with Gasteiger partial charge in [-0.15, -0.1) is 0 Å². The molecule has 0 spiro atoms. The van der Waals surface area contributed by atoms with Gasteiger partial charge >= 0.3 is 0 Å². The van der Waals surface area contributed by atoms with E-state index in [1.807, 2.05) is 30.3 Å². The second-order valence-electron chi connectivity index (χ2n) is 5.02. The molecule has 1 aromatic heterocycles. The Morgan fingerprint density at radius 2 is 2.20 bits per heavy atom. The fraction of sp³-hybridized carbons (Fsp3) is 0.267. The van der Waals surface area contributed by atoms with Crippen LogP contribution in [0.2, 0.25) is 0 Å². The Morgan fingerprint density at radius 3 is 3.00 bits per heavy atom. The first-order valence-corrected chi connectivity index (χ1v) is 6.66. The summed E-state index contributed by atoms with van der Waals surface area (Å²) in [5.74, 6) is 7.46. The molecule has 1 aliphatic rings. The van der Waals surface area contributed by atoms with Crippen molar-refractivity contribution in [2.75, 3.05) is 12.3 Å². The van der Waals surface area contributed by atoms with Crippen LogP contribution in [-0.4, -0.2) is 17.6 Å². The second-order valence-corrected chi connectivity index (χ2v) is 5.02. The third kappa shape index (κ3) is 2.45. The van der Waals surface area contributed by atoms with Crippen molar-refractivity contribution in [2.24, 2.45) is 5.84 Å². The van der Waals surface area contributed by atoms with E-state index < -0.39 is 0 Å². The van der Waals surface area contributed by atoms with Gasteiger partial charge in [0.2, 0.25) is 0 Å². The molecule has 0 fully saturated rings. The number of ether oxygens (including phenoxy) is 1. The number of nitrogens with zero attached hydrogens (tertiary/aromatic N) is 1. The summed E-state index contributed by atoms with van der Waals surface area (Å²) in [6.45, 7) is 0.648. The van der Waals surface area contributed by atoms with Gasteiger partial charge in [0.1, 0.15) is 11.6 Å². The van der Waals surface area contributed by atoms with Crippen LogP contribution in [0.1, 0.15) is 17.0 Å². The fourth-order valence-electron chi connectivity index (χ4n) is 2.71. The SMILES string of the molecule is NNC(Cc1ccnc(N)c1)C1COc2ccccc21. The standard InChI is InChI=1S/C15H18N4O/c16-15-8-10(5-6-18-15)7-13(19-17)12-9-20-14-4-2-1-3-11(12)14/h1-6,8,12-13,19H,7,9,17H2,(H2,16,18). The van der Waals surface area contributed by atoms with Gasteiger partial charge in [-0.3, -0.25) is 11.3 Å². The average molecular weight is 270 g/mol. The molecule has 3 rings (SSSR count). The fourth-order valence-corrected chi connectivity index (χ4v) is 2.71. The lowest BCUT2D eigenvalue weighted by atomic mass is 9.89. The summed E-state index contributed by atoms with van der Waals surface area (Å²) < 4.78 is 5.72. The van der Waals surface area contributed by atoms with E-state index >= 15 is 0 Å². The molecule has 5 heteroatoms. The maximum absolute atomic E-state index is 5.74. The van der Waals surface area contributed by atoms with Gasteiger partial charge < -0.3 is 10.5 Å². The van der Waals surface area contributed by atoms with Gasteiger partial charge in [0, 0.05) is 23.7 Å². The van der Waals surface area contributed by atoms with Crippen LogP contribution in [0.15, 0.2) is 42.6 Å². The normalized spacial score (nSPS) is 18.4. The van der Waals surface area contributed by atoms with Crippen molar-refractivity contribution < 1.29 is 4.74 Å². The van der Waals surface area contributed by atoms with Crippen LogP contribution in [0.4, 0.5) is 5.82 Å². The average Bonchev–Trinajstić information content (AvgIpc) is 2.89. The molecule has 1 aliphatic heterocycles. The summed E-state index contributed by atoms with van der Waals surface area (Å²) in [5, 5.41) is 0. The molecule has 5 N–H and O–H groups in total. The number of para-hydroxylation sites is 1. The lowest BCUT2D eigenvalue weighted by molar-refractivity contribution is 0.297. The number of aromatic nitrogens is 1. The van der Waals surface area contributed by atoms with Crippen LogP contribution >= 0.6 is 0 Å². The van der Waals surface area contributed by atoms with E-state index in [2.05, 4.69) is 16.5 Å². The smallest absolute Gasteiger partial charge is 0.123 e. The zero-order chi connectivity index (χ0) is 13.9. The molecule has 104 valence electrons. The minimum Gasteiger partial charge on any atom is -0.493 e. The van der Waals surface area contributed by atoms with Crippen molar-refractivity contribution >= 4 is 5.82 Å². The lowest BCUT2D eigenvalue weighted by Crippen LogP contribution is -2.42. The van der Waals surface area contributed by atoms with Gasteiger partial charge in [0.05, 0.1) is 6.61 Å². The highest BCUT2D eigenvalue weighted by atomic mass is 16.5. The molecule has 0 saturated carbocycles. The third-order valence-corrected chi connectivity index (χ3v) is 3.74. The van der Waals surface area contributed by atoms with E-state index in [0.29, 0.717) is 12.4 Å². The second kappa shape index (κ2) is 5.48. The number of hydrogen-bond donors (Lipinski definition) is 3. The number of nitrogen functional groups attached to an aromatic ring is 1. The summed E-state index contributed by atoms with van der Waals surface area (Å²) in [7, 11) is 0. The Kier molecular flexibility index (Phi) is 3.54. The van der Waals surface area contributed by atoms with Crippen molar-refractivity contribution in [1.82, 2.24) is 10.4 Å². The molecule has 0 saturated heterocycles. The van der Waals surface area contributed by atoms with Gasteiger partial charge in [0.15, 0.2) is 0 Å². The summed E-state index contributed by atoms with van der Waals surface area (Å²) in [6, 6.07) is 12.0. The summed E-state index contributed by atoms with van der Waals surface area (Å²) in [6.07, 6.45) is 2.50. The van der Waals surface area contributed by atoms with E-state index in [1.165, 1.54) is 5.56 Å². The Morgan fingerprint density at radius 1 is 1.35 bits per heavy atom. The number of nitrogens with two attached hydrogens (primary N) is 2. The number of anilines is 1. The number of benzene rings is 1. The Labute approximate surface area is 117 Å². The van der Waals surface area contributed by atoms with Crippen molar-refractivity contribution in [2.45, 2.75) is 18.4 Å². The molecule has 0 amide bonds. The van der Waals surface area contributed by atoms with Crippen LogP contribution in [0.3, 0.4) is 0 Å². The molecule has 20 heavy (non-hydrogen) atoms. The van der Waals surface area contributed by atoms with E-state index in [0.717, 1.165) is 17.7 Å². The minimum atomic E-state index is 0.0976. The maximum Gasteiger partial charge on any atom is 0.123 e. The molecule has 1 aromatic carbocycles. The minimum absolute atomic E-state index is 0.0976. The molecule has 2 unspecified atom stereocenters. The molecule has 5 nitrogen and oxygen atoms in total. The highest BCUT2D eigenvalue weighted by molar-refractivity contribution is 5.41. The number of pyridine rings is 1. The third-order valence-electron chi connectivity index (χ3n) is 3.74. The van der Waals surface area contributed by atoms with Crippen LogP contribution in [0.5, 0.6) is 5.75 Å². The van der Waals surface area contributed by atoms with E-state index in [9.17, 15) is 0 Å². The van der Waals surface area contributed by atoms with Crippen molar-refractivity contribution in [3.63, 3.8) is 0 Å². The first kappa shape index (κ1) is 12.9. The number of hydrazine groups is 1. The Balaban J connectivity index is 1.81. The first-order valence-electron chi connectivity index (χ1n) is 6.66. The van der Waals surface area contributed by atoms with Gasteiger partial charge in [-0.1, -0.05) is 18.2 Å². The molecule has 0 aliphatic carbocycles. The molecule has 2 atom stereocenters. The zero-order valence-electron chi connectivity index (χ0n) is 11.1. The highest BCUT2D eigenvalue weighted by Crippen LogP contribution is 2.36. The quantitative estimate of drug-likeness (QED) is 0.574. The van der Waals surface area contributed by atoms with Gasteiger partial charge in [-0.25, -0.2) is 4.98 Å². The van der Waals surface area contributed by atoms with Crippen molar-refractivity contribution in [3.8, 4) is 5.75 Å². The van der Waals surface area contributed by atoms with Crippen molar-refractivity contribution in [1.29, 1.82) is 0 Å². The van der Waals surface area contributed by atoms with Crippen LogP contribution < -0.4 is 21.7 Å². The van der Waals surface area contributed by atoms with E-state index in [1.54, 1.807) is 6.20 Å². The first-order chi connectivity index (χ1) is 9.78. The van der Waals surface area contributed by atoms with Gasteiger partial charge in [-0.05, 0) is 30.2 Å². The molecular weight excluding hydrogens is 252 g/mol. The van der Waals surface area contributed by atoms with Gasteiger partial charge in [-0.2, -0.15) is 0 Å². The summed E-state index contributed by atoms with van der Waals surface area (Å²) in [5.41, 5.74) is 11.0. The Bertz CT molecular complexity index is 602. The summed E-state index contributed by atoms with van der Waals surface area (Å²) >= 11 is 0. The predicted octanol–water partition coefficient (Wildman–Crippen LogP) is 1.21. The molecule has 0 bridgehead atoms. The van der Waals surface area contributed by atoms with Crippen LogP contribution in [-0.2, 0) is 6.42 Å². The van der Waals surface area contributed by atoms with Crippen LogP contribution in [0.25, 0.3) is 0 Å². The Hall–Kier alpha value is -2.11. The number of fused-ring (bicyclic) bond motifs is 1. The maximum atomic E-state index is 5.74. The molecule has 0 radical (unpaired) electrons.